The third-order valence-electron chi connectivity index (χ3n) is 3.49. The Balaban J connectivity index is 2.17. The standard InChI is InChI=1S/C18H21F2N/c1-13(2)21-12-16(15-6-8-17(19)9-7-15)10-14-4-3-5-18(20)11-14/h3-9,11,13,16,21H,10,12H2,1-2H3. The van der Waals surface area contributed by atoms with Crippen molar-refractivity contribution >= 4 is 0 Å². The molecule has 0 heterocycles. The zero-order valence-corrected chi connectivity index (χ0v) is 12.4. The van der Waals surface area contributed by atoms with Gasteiger partial charge < -0.3 is 5.32 Å². The van der Waals surface area contributed by atoms with Crippen LogP contribution in [0.4, 0.5) is 8.78 Å². The van der Waals surface area contributed by atoms with Crippen molar-refractivity contribution in [3.8, 4) is 0 Å². The van der Waals surface area contributed by atoms with E-state index in [0.29, 0.717) is 6.04 Å². The summed E-state index contributed by atoms with van der Waals surface area (Å²) in [4.78, 5) is 0. The van der Waals surface area contributed by atoms with Gasteiger partial charge in [-0.2, -0.15) is 0 Å². The van der Waals surface area contributed by atoms with E-state index in [2.05, 4.69) is 19.2 Å². The third-order valence-corrected chi connectivity index (χ3v) is 3.49. The summed E-state index contributed by atoms with van der Waals surface area (Å²) in [5, 5.41) is 3.41. The fourth-order valence-electron chi connectivity index (χ4n) is 2.37. The predicted molar refractivity (Wildman–Crippen MR) is 82.4 cm³/mol. The molecule has 0 amide bonds. The number of hydrogen-bond donors (Lipinski definition) is 1. The monoisotopic (exact) mass is 289 g/mol. The Hall–Kier alpha value is -1.74. The molecule has 0 bridgehead atoms. The molecule has 0 aliphatic carbocycles. The highest BCUT2D eigenvalue weighted by Crippen LogP contribution is 2.21. The van der Waals surface area contributed by atoms with Crippen LogP contribution in [0.3, 0.4) is 0 Å². The van der Waals surface area contributed by atoms with E-state index in [0.717, 1.165) is 24.1 Å². The minimum Gasteiger partial charge on any atom is -0.314 e. The lowest BCUT2D eigenvalue weighted by molar-refractivity contribution is 0.524. The highest BCUT2D eigenvalue weighted by atomic mass is 19.1. The van der Waals surface area contributed by atoms with Gasteiger partial charge in [-0.1, -0.05) is 38.1 Å². The normalized spacial score (nSPS) is 12.6. The Kier molecular flexibility index (Phi) is 5.45. The molecule has 3 heteroatoms. The van der Waals surface area contributed by atoms with Crippen LogP contribution in [0.1, 0.15) is 30.9 Å². The zero-order chi connectivity index (χ0) is 15.2. The molecule has 0 radical (unpaired) electrons. The van der Waals surface area contributed by atoms with Gasteiger partial charge in [0.1, 0.15) is 11.6 Å². The average Bonchev–Trinajstić information content (AvgIpc) is 2.44. The fraction of sp³-hybridized carbons (Fsp3) is 0.333. The lowest BCUT2D eigenvalue weighted by Gasteiger charge is -2.20. The topological polar surface area (TPSA) is 12.0 Å². The van der Waals surface area contributed by atoms with E-state index in [4.69, 9.17) is 0 Å². The molecule has 2 aromatic rings. The second-order valence-electron chi connectivity index (χ2n) is 5.65. The molecular weight excluding hydrogens is 268 g/mol. The van der Waals surface area contributed by atoms with Gasteiger partial charge in [0.15, 0.2) is 0 Å². The highest BCUT2D eigenvalue weighted by molar-refractivity contribution is 5.25. The largest absolute Gasteiger partial charge is 0.314 e. The minimum absolute atomic E-state index is 0.190. The fourth-order valence-corrected chi connectivity index (χ4v) is 2.37. The predicted octanol–water partition coefficient (Wildman–Crippen LogP) is 4.29. The Morgan fingerprint density at radius 3 is 2.29 bits per heavy atom. The molecule has 0 aliphatic rings. The molecule has 1 atom stereocenters. The second-order valence-corrected chi connectivity index (χ2v) is 5.65. The van der Waals surface area contributed by atoms with Crippen molar-refractivity contribution in [3.05, 3.63) is 71.3 Å². The van der Waals surface area contributed by atoms with Gasteiger partial charge in [-0.25, -0.2) is 8.78 Å². The van der Waals surface area contributed by atoms with E-state index in [1.54, 1.807) is 24.3 Å². The van der Waals surface area contributed by atoms with E-state index in [-0.39, 0.29) is 17.6 Å². The Bertz CT molecular complexity index is 564. The first-order chi connectivity index (χ1) is 10.0. The summed E-state index contributed by atoms with van der Waals surface area (Å²) in [5.74, 6) is -0.267. The first kappa shape index (κ1) is 15.6. The summed E-state index contributed by atoms with van der Waals surface area (Å²) in [5.41, 5.74) is 2.02. The van der Waals surface area contributed by atoms with Crippen LogP contribution in [0.2, 0.25) is 0 Å². The summed E-state index contributed by atoms with van der Waals surface area (Å²) in [6, 6.07) is 13.6. The van der Waals surface area contributed by atoms with Crippen molar-refractivity contribution < 1.29 is 8.78 Å². The lowest BCUT2D eigenvalue weighted by Crippen LogP contribution is -2.29. The van der Waals surface area contributed by atoms with Gasteiger partial charge >= 0.3 is 0 Å². The van der Waals surface area contributed by atoms with Crippen molar-refractivity contribution in [2.45, 2.75) is 32.2 Å². The van der Waals surface area contributed by atoms with Crippen molar-refractivity contribution in [3.63, 3.8) is 0 Å². The van der Waals surface area contributed by atoms with Crippen LogP contribution in [0, 0.1) is 11.6 Å². The molecule has 1 unspecified atom stereocenters. The molecular formula is C18H21F2N. The summed E-state index contributed by atoms with van der Waals surface area (Å²) < 4.78 is 26.4. The van der Waals surface area contributed by atoms with Crippen molar-refractivity contribution in [2.75, 3.05) is 6.54 Å². The maximum Gasteiger partial charge on any atom is 0.123 e. The average molecular weight is 289 g/mol. The Morgan fingerprint density at radius 1 is 0.952 bits per heavy atom. The molecule has 0 saturated carbocycles. The van der Waals surface area contributed by atoms with Crippen LogP contribution in [0.5, 0.6) is 0 Å². The van der Waals surface area contributed by atoms with Crippen LogP contribution in [0.15, 0.2) is 48.5 Å². The quantitative estimate of drug-likeness (QED) is 0.836. The van der Waals surface area contributed by atoms with Crippen molar-refractivity contribution in [1.82, 2.24) is 5.32 Å². The number of rotatable bonds is 6. The van der Waals surface area contributed by atoms with Gasteiger partial charge in [-0.15, -0.1) is 0 Å². The number of nitrogens with one attached hydrogen (secondary N) is 1. The second kappa shape index (κ2) is 7.32. The number of benzene rings is 2. The molecule has 2 rings (SSSR count). The molecule has 1 N–H and O–H groups in total. The number of halogens is 2. The van der Waals surface area contributed by atoms with Crippen LogP contribution in [0.25, 0.3) is 0 Å². The molecule has 1 nitrogen and oxygen atoms in total. The van der Waals surface area contributed by atoms with E-state index >= 15 is 0 Å². The van der Waals surface area contributed by atoms with Crippen LogP contribution in [-0.4, -0.2) is 12.6 Å². The summed E-state index contributed by atoms with van der Waals surface area (Å²) >= 11 is 0. The summed E-state index contributed by atoms with van der Waals surface area (Å²) in [6.07, 6.45) is 0.725. The summed E-state index contributed by atoms with van der Waals surface area (Å²) in [7, 11) is 0. The minimum atomic E-state index is -0.236. The third kappa shape index (κ3) is 4.94. The SMILES string of the molecule is CC(C)NCC(Cc1cccc(F)c1)c1ccc(F)cc1. The van der Waals surface area contributed by atoms with Gasteiger partial charge in [-0.3, -0.25) is 0 Å². The van der Waals surface area contributed by atoms with Crippen LogP contribution >= 0.6 is 0 Å². The van der Waals surface area contributed by atoms with Crippen molar-refractivity contribution in [2.24, 2.45) is 0 Å². The van der Waals surface area contributed by atoms with Gasteiger partial charge in [0.2, 0.25) is 0 Å². The summed E-state index contributed by atoms with van der Waals surface area (Å²) in [6.45, 7) is 4.95. The smallest absolute Gasteiger partial charge is 0.123 e. The molecule has 0 spiro atoms. The first-order valence-corrected chi connectivity index (χ1v) is 7.28. The molecule has 0 aliphatic heterocycles. The van der Waals surface area contributed by atoms with Gasteiger partial charge in [0.25, 0.3) is 0 Å². The van der Waals surface area contributed by atoms with E-state index in [1.807, 2.05) is 6.07 Å². The van der Waals surface area contributed by atoms with Crippen LogP contribution in [-0.2, 0) is 6.42 Å². The van der Waals surface area contributed by atoms with Crippen molar-refractivity contribution in [1.29, 1.82) is 0 Å². The lowest BCUT2D eigenvalue weighted by atomic mass is 9.91. The van der Waals surface area contributed by atoms with Crippen LogP contribution < -0.4 is 5.32 Å². The maximum absolute atomic E-state index is 13.3. The van der Waals surface area contributed by atoms with Gasteiger partial charge in [0.05, 0.1) is 0 Å². The molecule has 0 saturated heterocycles. The Morgan fingerprint density at radius 2 is 1.67 bits per heavy atom. The van der Waals surface area contributed by atoms with E-state index in [9.17, 15) is 8.78 Å². The molecule has 21 heavy (non-hydrogen) atoms. The van der Waals surface area contributed by atoms with E-state index < -0.39 is 0 Å². The zero-order valence-electron chi connectivity index (χ0n) is 12.4. The van der Waals surface area contributed by atoms with Gasteiger partial charge in [0, 0.05) is 18.5 Å². The molecule has 2 aromatic carbocycles. The first-order valence-electron chi connectivity index (χ1n) is 7.28. The molecule has 0 aromatic heterocycles. The highest BCUT2D eigenvalue weighted by Gasteiger charge is 2.13. The molecule has 112 valence electrons. The van der Waals surface area contributed by atoms with E-state index in [1.165, 1.54) is 18.2 Å². The molecule has 0 fully saturated rings. The maximum atomic E-state index is 13.3. The number of hydrogen-bond acceptors (Lipinski definition) is 1. The Labute approximate surface area is 125 Å². The van der Waals surface area contributed by atoms with Gasteiger partial charge in [-0.05, 0) is 41.8 Å².